The van der Waals surface area contributed by atoms with E-state index >= 15 is 0 Å². The fourth-order valence-corrected chi connectivity index (χ4v) is 5.38. The first-order valence-electron chi connectivity index (χ1n) is 13.6. The van der Waals surface area contributed by atoms with E-state index in [9.17, 15) is 19.4 Å². The maximum Gasteiger partial charge on any atom is 0.281 e. The predicted octanol–water partition coefficient (Wildman–Crippen LogP) is 7.24. The average molecular weight is 605 g/mol. The molecule has 8 nitrogen and oxygen atoms in total. The summed E-state index contributed by atoms with van der Waals surface area (Å²) in [5.41, 5.74) is 3.65. The van der Waals surface area contributed by atoms with Crippen molar-refractivity contribution >= 4 is 34.7 Å². The van der Waals surface area contributed by atoms with Crippen LogP contribution in [0.4, 0.5) is 10.1 Å². The van der Waals surface area contributed by atoms with Gasteiger partial charge in [0.1, 0.15) is 40.0 Å². The van der Waals surface area contributed by atoms with Gasteiger partial charge >= 0.3 is 0 Å². The lowest BCUT2D eigenvalue weighted by molar-refractivity contribution is -0.114. The van der Waals surface area contributed by atoms with Gasteiger partial charge in [-0.3, -0.25) is 4.79 Å². The third-order valence-electron chi connectivity index (χ3n) is 7.36. The summed E-state index contributed by atoms with van der Waals surface area (Å²) in [4.78, 5) is 13.9. The molecule has 0 unspecified atom stereocenters. The molecule has 0 atom stereocenters. The molecule has 44 heavy (non-hydrogen) atoms. The lowest BCUT2D eigenvalue weighted by atomic mass is 9.95. The fraction of sp³-hybridized carbons (Fsp3) is 0.0294. The minimum atomic E-state index is -0.485. The van der Waals surface area contributed by atoms with Crippen molar-refractivity contribution in [3.63, 3.8) is 0 Å². The summed E-state index contributed by atoms with van der Waals surface area (Å²) < 4.78 is 21.4. The van der Waals surface area contributed by atoms with Crippen molar-refractivity contribution in [2.75, 3.05) is 5.01 Å². The number of hydrazone groups is 1. The van der Waals surface area contributed by atoms with Crippen LogP contribution in [0.1, 0.15) is 18.1 Å². The number of fused-ring (bicyclic) bond motifs is 3. The van der Waals surface area contributed by atoms with E-state index in [4.69, 9.17) is 21.4 Å². The van der Waals surface area contributed by atoms with E-state index in [1.54, 1.807) is 61.5 Å². The van der Waals surface area contributed by atoms with Gasteiger partial charge in [0.2, 0.25) is 5.88 Å². The Labute approximate surface area is 255 Å². The Bertz CT molecular complexity index is 2060. The minimum absolute atomic E-state index is 0.0648. The Balaban J connectivity index is 1.41. The zero-order valence-corrected chi connectivity index (χ0v) is 23.8. The monoisotopic (exact) mass is 604 g/mol. The second-order valence-electron chi connectivity index (χ2n) is 10.2. The summed E-state index contributed by atoms with van der Waals surface area (Å²) in [6.45, 7) is 1.72. The summed E-state index contributed by atoms with van der Waals surface area (Å²) in [5, 5.41) is 33.2. The van der Waals surface area contributed by atoms with Crippen LogP contribution >= 0.6 is 11.6 Å². The van der Waals surface area contributed by atoms with Gasteiger partial charge in [-0.25, -0.2) is 4.39 Å². The molecule has 2 aliphatic heterocycles. The molecular weight excluding hydrogens is 583 g/mol. The van der Waals surface area contributed by atoms with E-state index in [-0.39, 0.29) is 28.7 Å². The summed E-state index contributed by atoms with van der Waals surface area (Å²) in [6.07, 6.45) is 1.64. The smallest absolute Gasteiger partial charge is 0.281 e. The zero-order valence-electron chi connectivity index (χ0n) is 23.1. The summed E-state index contributed by atoms with van der Waals surface area (Å²) in [7, 11) is 0. The number of hydrogen-bond acceptors (Lipinski definition) is 6. The average Bonchev–Trinajstić information content (AvgIpc) is 3.55. The van der Waals surface area contributed by atoms with Crippen molar-refractivity contribution in [3.05, 3.63) is 136 Å². The van der Waals surface area contributed by atoms with E-state index in [0.29, 0.717) is 50.1 Å². The summed E-state index contributed by atoms with van der Waals surface area (Å²) in [5.74, 6) is -0.393. The van der Waals surface area contributed by atoms with Crippen LogP contribution in [0.25, 0.3) is 22.7 Å². The Morgan fingerprint density at radius 1 is 0.886 bits per heavy atom. The van der Waals surface area contributed by atoms with Gasteiger partial charge in [-0.05, 0) is 91.4 Å². The Kier molecular flexibility index (Phi) is 6.52. The predicted molar refractivity (Wildman–Crippen MR) is 166 cm³/mol. The Morgan fingerprint density at radius 2 is 1.55 bits per heavy atom. The molecule has 1 amide bonds. The van der Waals surface area contributed by atoms with Crippen molar-refractivity contribution in [2.24, 2.45) is 5.10 Å². The van der Waals surface area contributed by atoms with Gasteiger partial charge in [0.05, 0.1) is 16.9 Å². The molecule has 3 heterocycles. The van der Waals surface area contributed by atoms with Gasteiger partial charge < -0.3 is 14.9 Å². The van der Waals surface area contributed by atoms with Crippen LogP contribution in [0.5, 0.6) is 17.4 Å². The van der Waals surface area contributed by atoms with E-state index in [0.717, 1.165) is 5.01 Å². The number of aromatic nitrogens is 2. The van der Waals surface area contributed by atoms with E-state index < -0.39 is 11.7 Å². The first-order chi connectivity index (χ1) is 21.3. The van der Waals surface area contributed by atoms with Gasteiger partial charge in [-0.15, -0.1) is 0 Å². The number of phenolic OH excluding ortho intramolecular Hbond substituents is 1. The molecule has 0 radical (unpaired) electrons. The minimum Gasteiger partial charge on any atom is -0.507 e. The number of allylic oxidation sites excluding steroid dienone is 2. The summed E-state index contributed by atoms with van der Waals surface area (Å²) in [6, 6.07) is 26.1. The topological polar surface area (TPSA) is 100 Å². The van der Waals surface area contributed by atoms with Gasteiger partial charge in [-0.1, -0.05) is 35.9 Å². The molecule has 10 heteroatoms. The van der Waals surface area contributed by atoms with E-state index in [1.807, 2.05) is 18.2 Å². The number of para-hydroxylation sites is 2. The number of benzene rings is 4. The molecular formula is C34H22ClFN4O4. The lowest BCUT2D eigenvalue weighted by Crippen LogP contribution is -2.22. The van der Waals surface area contributed by atoms with E-state index in [1.165, 1.54) is 35.0 Å². The quantitative estimate of drug-likeness (QED) is 0.211. The molecule has 0 saturated carbocycles. The number of amides is 1. The first kappa shape index (κ1) is 27.2. The van der Waals surface area contributed by atoms with Crippen LogP contribution in [0.15, 0.2) is 119 Å². The van der Waals surface area contributed by atoms with Crippen LogP contribution in [0.3, 0.4) is 0 Å². The van der Waals surface area contributed by atoms with Gasteiger partial charge in [0, 0.05) is 16.1 Å². The molecule has 0 bridgehead atoms. The lowest BCUT2D eigenvalue weighted by Gasteiger charge is -2.19. The van der Waals surface area contributed by atoms with E-state index in [2.05, 4.69) is 5.10 Å². The second-order valence-corrected chi connectivity index (χ2v) is 10.6. The molecule has 2 N–H and O–H groups in total. The SMILES string of the molecule is CC(C=C1Oc2ccccc2-c2nn(-c3ccc(Cl)cc3)c(O)c21)=C1C(=O)N(c2ccc(F)cc2)N=C1c1ccccc1O. The molecule has 2 aliphatic rings. The standard InChI is InChI=1S/C34H22ClFN4O4/c1-19(29-31(24-6-2-4-8-26(24)41)37-39(33(29)42)23-16-12-21(36)13-17-23)18-28-30-32(25-7-3-5-9-27(25)44-28)38-40(34(30)43)22-14-10-20(35)11-15-22/h2-18,41,43H,1H3. The highest BCUT2D eigenvalue weighted by molar-refractivity contribution is 6.36. The van der Waals surface area contributed by atoms with Gasteiger partial charge in [0.15, 0.2) is 0 Å². The van der Waals surface area contributed by atoms with Crippen LogP contribution in [0.2, 0.25) is 5.02 Å². The molecule has 5 aromatic rings. The molecule has 0 spiro atoms. The maximum absolute atomic E-state index is 13.9. The third kappa shape index (κ3) is 4.50. The number of phenols is 1. The molecule has 0 saturated heterocycles. The number of anilines is 1. The van der Waals surface area contributed by atoms with Crippen molar-refractivity contribution < 1.29 is 24.1 Å². The molecule has 216 valence electrons. The molecule has 4 aromatic carbocycles. The van der Waals surface area contributed by atoms with Crippen LogP contribution in [0, 0.1) is 5.82 Å². The van der Waals surface area contributed by atoms with Crippen LogP contribution in [-0.2, 0) is 4.79 Å². The molecule has 0 aliphatic carbocycles. The number of rotatable bonds is 4. The highest BCUT2D eigenvalue weighted by Crippen LogP contribution is 2.46. The number of halogens is 2. The highest BCUT2D eigenvalue weighted by Gasteiger charge is 2.36. The fourth-order valence-electron chi connectivity index (χ4n) is 5.26. The van der Waals surface area contributed by atoms with Crippen molar-refractivity contribution in [1.82, 2.24) is 9.78 Å². The first-order valence-corrected chi connectivity index (χ1v) is 13.9. The highest BCUT2D eigenvalue weighted by atomic mass is 35.5. The third-order valence-corrected chi connectivity index (χ3v) is 7.61. The van der Waals surface area contributed by atoms with Crippen LogP contribution < -0.4 is 9.75 Å². The molecule has 1 aromatic heterocycles. The number of ether oxygens (including phenoxy) is 1. The Morgan fingerprint density at radius 3 is 2.27 bits per heavy atom. The number of carbonyl (C=O) groups excluding carboxylic acids is 1. The van der Waals surface area contributed by atoms with Crippen LogP contribution in [-0.4, -0.2) is 31.6 Å². The largest absolute Gasteiger partial charge is 0.507 e. The Hall–Kier alpha value is -5.67. The maximum atomic E-state index is 13.9. The van der Waals surface area contributed by atoms with Gasteiger partial charge in [0.25, 0.3) is 5.91 Å². The van der Waals surface area contributed by atoms with Crippen molar-refractivity contribution in [3.8, 4) is 34.3 Å². The second kappa shape index (κ2) is 10.6. The number of carbonyl (C=O) groups is 1. The normalized spacial score (nSPS) is 16.0. The molecule has 7 rings (SSSR count). The summed E-state index contributed by atoms with van der Waals surface area (Å²) >= 11 is 6.08. The number of aromatic hydroxyl groups is 2. The van der Waals surface area contributed by atoms with Crippen molar-refractivity contribution in [1.29, 1.82) is 0 Å². The van der Waals surface area contributed by atoms with Gasteiger partial charge in [-0.2, -0.15) is 19.9 Å². The zero-order chi connectivity index (χ0) is 30.5. The van der Waals surface area contributed by atoms with Crippen molar-refractivity contribution in [2.45, 2.75) is 6.92 Å². The number of hydrogen-bond donors (Lipinski definition) is 2. The molecule has 0 fully saturated rings. The number of nitrogens with zero attached hydrogens (tertiary/aromatic N) is 4.